The maximum Gasteiger partial charge on any atom is 0.348 e. The third kappa shape index (κ3) is 14.9. The molecular formula is C15H21FeN3O12. The van der Waals surface area contributed by atoms with Crippen molar-refractivity contribution in [1.29, 1.82) is 0 Å². The molecule has 31 heavy (non-hydrogen) atoms. The fourth-order valence-electron chi connectivity index (χ4n) is 1.55. The molecule has 0 saturated carbocycles. The van der Waals surface area contributed by atoms with Gasteiger partial charge in [-0.3, -0.25) is 44.7 Å². The fraction of sp³-hybridized carbons (Fsp3) is 0.400. The minimum Gasteiger partial charge on any atom is -0.506 e. The SMILES string of the molecule is CC(=O)/C(=C(/C)O)[N+](=O)[O-].CC(=O)/C(=C(/C)O)[N+](=O)[O-].CC(=O)/C(=C(/C)O)[N+](=O)[O-].[Fe]. The number of Topliss-reactive ketones (excluding diaryl/α,β-unsaturated/α-hetero) is 3. The summed E-state index contributed by atoms with van der Waals surface area (Å²) < 4.78 is 0. The van der Waals surface area contributed by atoms with E-state index in [1.54, 1.807) is 0 Å². The molecule has 0 heterocycles. The van der Waals surface area contributed by atoms with Crippen LogP contribution in [-0.2, 0) is 31.5 Å². The number of ketones is 3. The Morgan fingerprint density at radius 2 is 0.645 bits per heavy atom. The molecule has 0 aliphatic carbocycles. The van der Waals surface area contributed by atoms with Gasteiger partial charge in [0.25, 0.3) is 0 Å². The third-order valence-electron chi connectivity index (χ3n) is 2.58. The molecule has 176 valence electrons. The number of carbonyl (C=O) groups excluding carboxylic acids is 3. The Bertz CT molecular complexity index is 673. The molecule has 0 aliphatic rings. The molecule has 0 unspecified atom stereocenters. The number of rotatable bonds is 6. The first-order valence-electron chi connectivity index (χ1n) is 7.55. The summed E-state index contributed by atoms with van der Waals surface area (Å²) >= 11 is 0. The van der Waals surface area contributed by atoms with Crippen LogP contribution in [0.2, 0.25) is 0 Å². The zero-order chi connectivity index (χ0) is 24.9. The van der Waals surface area contributed by atoms with Gasteiger partial charge < -0.3 is 15.3 Å². The molecule has 0 spiro atoms. The number of nitrogens with zero attached hydrogens (tertiary/aromatic N) is 3. The summed E-state index contributed by atoms with van der Waals surface area (Å²) in [6.45, 7) is 6.37. The largest absolute Gasteiger partial charge is 0.506 e. The second kappa shape index (κ2) is 16.2. The van der Waals surface area contributed by atoms with E-state index in [0.717, 1.165) is 41.5 Å². The molecule has 0 fully saturated rings. The van der Waals surface area contributed by atoms with E-state index in [1.807, 2.05) is 0 Å². The summed E-state index contributed by atoms with van der Waals surface area (Å²) in [5.41, 5.74) is -2.25. The first-order chi connectivity index (χ1) is 13.4. The molecule has 0 radical (unpaired) electrons. The average Bonchev–Trinajstić information content (AvgIpc) is 2.43. The van der Waals surface area contributed by atoms with Crippen molar-refractivity contribution in [3.8, 4) is 0 Å². The molecular weight excluding hydrogens is 470 g/mol. The maximum absolute atomic E-state index is 10.4. The van der Waals surface area contributed by atoms with Crippen molar-refractivity contribution in [3.63, 3.8) is 0 Å². The van der Waals surface area contributed by atoms with Gasteiger partial charge in [0.2, 0.25) is 17.3 Å². The Kier molecular flexibility index (Phi) is 18.2. The number of hydrogen-bond acceptors (Lipinski definition) is 12. The standard InChI is InChI=1S/3C5H7NO4.Fe/c3*1-3(7)5(4(2)8)6(9)10;/h3*7H,1-2H3;/b3*5-3+;. The van der Waals surface area contributed by atoms with Gasteiger partial charge in [0, 0.05) is 58.6 Å². The van der Waals surface area contributed by atoms with E-state index in [-0.39, 0.29) is 17.1 Å². The van der Waals surface area contributed by atoms with Crippen molar-refractivity contribution >= 4 is 17.3 Å². The average molecular weight is 491 g/mol. The number of nitro groups is 3. The molecule has 0 amide bonds. The van der Waals surface area contributed by atoms with Crippen LogP contribution in [0.5, 0.6) is 0 Å². The van der Waals surface area contributed by atoms with Gasteiger partial charge in [0.05, 0.1) is 14.8 Å². The van der Waals surface area contributed by atoms with Crippen LogP contribution < -0.4 is 0 Å². The van der Waals surface area contributed by atoms with E-state index in [1.165, 1.54) is 0 Å². The van der Waals surface area contributed by atoms with E-state index in [2.05, 4.69) is 0 Å². The summed E-state index contributed by atoms with van der Waals surface area (Å²) in [6, 6.07) is 0. The normalized spacial score (nSPS) is 11.8. The van der Waals surface area contributed by atoms with E-state index in [4.69, 9.17) is 15.3 Å². The quantitative estimate of drug-likeness (QED) is 0.159. The summed E-state index contributed by atoms with van der Waals surface area (Å²) in [7, 11) is 0. The molecule has 0 aromatic heterocycles. The van der Waals surface area contributed by atoms with Gasteiger partial charge in [-0.2, -0.15) is 0 Å². The first-order valence-corrected chi connectivity index (χ1v) is 7.55. The molecule has 15 nitrogen and oxygen atoms in total. The molecule has 0 bridgehead atoms. The number of aliphatic hydroxyl groups is 3. The molecule has 3 N–H and O–H groups in total. The summed E-state index contributed by atoms with van der Waals surface area (Å²) in [5, 5.41) is 55.6. The Balaban J connectivity index is -0.000000174. The number of carbonyl (C=O) groups is 3. The third-order valence-corrected chi connectivity index (χ3v) is 2.58. The van der Waals surface area contributed by atoms with Gasteiger partial charge >= 0.3 is 17.1 Å². The van der Waals surface area contributed by atoms with Crippen molar-refractivity contribution in [3.05, 3.63) is 64.7 Å². The molecule has 0 rings (SSSR count). The molecule has 0 aromatic rings. The van der Waals surface area contributed by atoms with Crippen LogP contribution in [-0.4, -0.2) is 47.4 Å². The van der Waals surface area contributed by atoms with Crippen molar-refractivity contribution in [2.24, 2.45) is 0 Å². The topological polar surface area (TPSA) is 241 Å². The second-order valence-electron chi connectivity index (χ2n) is 5.24. The molecule has 0 aromatic carbocycles. The maximum atomic E-state index is 10.4. The molecule has 16 heteroatoms. The van der Waals surface area contributed by atoms with Gasteiger partial charge in [-0.15, -0.1) is 0 Å². The van der Waals surface area contributed by atoms with Gasteiger partial charge in [0.15, 0.2) is 17.3 Å². The Morgan fingerprint density at radius 1 is 0.516 bits per heavy atom. The zero-order valence-corrected chi connectivity index (χ0v) is 18.3. The van der Waals surface area contributed by atoms with Crippen LogP contribution in [0.4, 0.5) is 0 Å². The Morgan fingerprint density at radius 3 is 0.645 bits per heavy atom. The van der Waals surface area contributed by atoms with Crippen molar-refractivity contribution in [2.75, 3.05) is 0 Å². The minimum atomic E-state index is -0.905. The Hall–Kier alpha value is -3.65. The van der Waals surface area contributed by atoms with Crippen LogP contribution in [0.25, 0.3) is 0 Å². The molecule has 0 aliphatic heterocycles. The van der Waals surface area contributed by atoms with Crippen molar-refractivity contribution < 1.29 is 61.5 Å². The van der Waals surface area contributed by atoms with E-state index >= 15 is 0 Å². The van der Waals surface area contributed by atoms with Crippen LogP contribution in [0.15, 0.2) is 34.4 Å². The Labute approximate surface area is 185 Å². The monoisotopic (exact) mass is 491 g/mol. The summed E-state index contributed by atoms with van der Waals surface area (Å²) in [5.74, 6) is -3.91. The predicted molar refractivity (Wildman–Crippen MR) is 99.0 cm³/mol. The fourth-order valence-corrected chi connectivity index (χ4v) is 1.55. The predicted octanol–water partition coefficient (Wildman–Crippen LogP) is 1.92. The molecule has 0 atom stereocenters. The van der Waals surface area contributed by atoms with Gasteiger partial charge in [-0.1, -0.05) is 0 Å². The van der Waals surface area contributed by atoms with Crippen LogP contribution in [0.1, 0.15) is 41.5 Å². The van der Waals surface area contributed by atoms with Gasteiger partial charge in [0.1, 0.15) is 0 Å². The smallest absolute Gasteiger partial charge is 0.348 e. The van der Waals surface area contributed by atoms with Crippen LogP contribution in [0, 0.1) is 30.3 Å². The van der Waals surface area contributed by atoms with E-state index in [9.17, 15) is 44.7 Å². The second-order valence-corrected chi connectivity index (χ2v) is 5.24. The summed E-state index contributed by atoms with van der Waals surface area (Å²) in [6.07, 6.45) is 0. The van der Waals surface area contributed by atoms with Gasteiger partial charge in [-0.05, 0) is 0 Å². The minimum absolute atomic E-state index is 0. The number of hydrogen-bond donors (Lipinski definition) is 3. The summed E-state index contributed by atoms with van der Waals surface area (Å²) in [4.78, 5) is 58.2. The first kappa shape index (κ1) is 34.8. The van der Waals surface area contributed by atoms with Gasteiger partial charge in [-0.25, -0.2) is 0 Å². The van der Waals surface area contributed by atoms with Crippen LogP contribution >= 0.6 is 0 Å². The van der Waals surface area contributed by atoms with E-state index < -0.39 is 66.5 Å². The van der Waals surface area contributed by atoms with Crippen molar-refractivity contribution in [1.82, 2.24) is 0 Å². The number of aliphatic hydroxyl groups excluding tert-OH is 3. The van der Waals surface area contributed by atoms with Crippen LogP contribution in [0.3, 0.4) is 0 Å². The number of allylic oxidation sites excluding steroid dienone is 6. The van der Waals surface area contributed by atoms with E-state index in [0.29, 0.717) is 0 Å². The zero-order valence-electron chi connectivity index (χ0n) is 17.2. The van der Waals surface area contributed by atoms with Crippen molar-refractivity contribution in [2.45, 2.75) is 41.5 Å². The molecule has 0 saturated heterocycles.